The second kappa shape index (κ2) is 4.99. The van der Waals surface area contributed by atoms with Crippen LogP contribution in [0.1, 0.15) is 12.8 Å². The summed E-state index contributed by atoms with van der Waals surface area (Å²) in [6.07, 6.45) is 2.96. The molecule has 0 radical (unpaired) electrons. The van der Waals surface area contributed by atoms with Crippen molar-refractivity contribution in [2.24, 2.45) is 0 Å². The maximum absolute atomic E-state index is 11.4. The van der Waals surface area contributed by atoms with Crippen LogP contribution in [0, 0.1) is 0 Å². The number of piperidine rings is 1. The van der Waals surface area contributed by atoms with E-state index in [9.17, 15) is 4.79 Å². The Balaban J connectivity index is 1.98. The summed E-state index contributed by atoms with van der Waals surface area (Å²) < 4.78 is 0. The fraction of sp³-hybridized carbons (Fsp3) is 0.545. The smallest absolute Gasteiger partial charge is 0.222 e. The number of amides is 1. The molecule has 0 bridgehead atoms. The minimum Gasteiger partial charge on any atom is -0.373 e. The Labute approximate surface area is 100 Å². The Bertz CT molecular complexity index is 409. The van der Waals surface area contributed by atoms with Gasteiger partial charge in [-0.25, -0.2) is 9.97 Å². The van der Waals surface area contributed by atoms with Crippen molar-refractivity contribution in [1.29, 1.82) is 0 Å². The van der Waals surface area contributed by atoms with Gasteiger partial charge in [-0.2, -0.15) is 0 Å². The molecule has 2 heterocycles. The number of anilines is 2. The fourth-order valence-corrected chi connectivity index (χ4v) is 1.91. The van der Waals surface area contributed by atoms with Gasteiger partial charge >= 0.3 is 0 Å². The maximum Gasteiger partial charge on any atom is 0.222 e. The molecule has 6 heteroatoms. The van der Waals surface area contributed by atoms with Crippen molar-refractivity contribution in [2.45, 2.75) is 18.9 Å². The highest BCUT2D eigenvalue weighted by atomic mass is 16.2. The second-order valence-corrected chi connectivity index (χ2v) is 4.19. The lowest BCUT2D eigenvalue weighted by Crippen LogP contribution is -2.43. The van der Waals surface area contributed by atoms with Crippen LogP contribution in [0.4, 0.5) is 11.6 Å². The summed E-state index contributed by atoms with van der Waals surface area (Å²) >= 11 is 0. The molecular weight excluding hydrogens is 218 g/mol. The lowest BCUT2D eigenvalue weighted by atomic mass is 10.1. The van der Waals surface area contributed by atoms with Gasteiger partial charge in [0.15, 0.2) is 0 Å². The largest absolute Gasteiger partial charge is 0.373 e. The number of nitrogens with zero attached hydrogens (tertiary/aromatic N) is 3. The van der Waals surface area contributed by atoms with Crippen LogP contribution >= 0.6 is 0 Å². The number of carbonyl (C=O) groups is 1. The molecule has 17 heavy (non-hydrogen) atoms. The van der Waals surface area contributed by atoms with E-state index in [0.29, 0.717) is 6.42 Å². The Morgan fingerprint density at radius 3 is 2.88 bits per heavy atom. The molecule has 0 aliphatic carbocycles. The monoisotopic (exact) mass is 235 g/mol. The highest BCUT2D eigenvalue weighted by Crippen LogP contribution is 2.15. The maximum atomic E-state index is 11.4. The van der Waals surface area contributed by atoms with Crippen LogP contribution < -0.4 is 10.6 Å². The molecule has 6 nitrogen and oxygen atoms in total. The number of aromatic nitrogens is 2. The molecule has 0 aromatic carbocycles. The molecule has 1 aromatic heterocycles. The fourth-order valence-electron chi connectivity index (χ4n) is 1.91. The number of hydrogen-bond donors (Lipinski definition) is 2. The molecule has 2 N–H and O–H groups in total. The van der Waals surface area contributed by atoms with Gasteiger partial charge in [-0.15, -0.1) is 0 Å². The Morgan fingerprint density at radius 1 is 1.41 bits per heavy atom. The number of carbonyl (C=O) groups excluding carboxylic acids is 1. The first-order valence-electron chi connectivity index (χ1n) is 5.69. The van der Waals surface area contributed by atoms with Gasteiger partial charge in [0, 0.05) is 39.2 Å². The molecule has 1 fully saturated rings. The summed E-state index contributed by atoms with van der Waals surface area (Å²) in [7, 11) is 3.65. The average molecular weight is 235 g/mol. The van der Waals surface area contributed by atoms with E-state index < -0.39 is 0 Å². The number of likely N-dealkylation sites (tertiary alicyclic amines) is 1. The SMILES string of the molecule is CNc1cc(NC2CCC(=O)N(C)C2)ncn1. The van der Waals surface area contributed by atoms with Gasteiger partial charge in [0.05, 0.1) is 0 Å². The molecule has 0 saturated carbocycles. The highest BCUT2D eigenvalue weighted by molar-refractivity contribution is 5.77. The normalized spacial score (nSPS) is 20.2. The molecular formula is C11H17N5O. The van der Waals surface area contributed by atoms with E-state index in [1.807, 2.05) is 20.2 Å². The Kier molecular flexibility index (Phi) is 3.41. The van der Waals surface area contributed by atoms with Crippen molar-refractivity contribution >= 4 is 17.5 Å². The first-order chi connectivity index (χ1) is 8.19. The molecule has 1 aliphatic rings. The summed E-state index contributed by atoms with van der Waals surface area (Å²) in [4.78, 5) is 21.3. The van der Waals surface area contributed by atoms with Crippen LogP contribution in [0.5, 0.6) is 0 Å². The van der Waals surface area contributed by atoms with Crippen LogP contribution in [0.25, 0.3) is 0 Å². The third kappa shape index (κ3) is 2.83. The number of nitrogens with one attached hydrogen (secondary N) is 2. The van der Waals surface area contributed by atoms with E-state index in [2.05, 4.69) is 20.6 Å². The molecule has 2 rings (SSSR count). The molecule has 1 aliphatic heterocycles. The quantitative estimate of drug-likeness (QED) is 0.800. The van der Waals surface area contributed by atoms with Crippen LogP contribution in [-0.4, -0.2) is 47.5 Å². The van der Waals surface area contributed by atoms with Gasteiger partial charge in [-0.3, -0.25) is 4.79 Å². The highest BCUT2D eigenvalue weighted by Gasteiger charge is 2.22. The molecule has 1 amide bonds. The average Bonchev–Trinajstić information content (AvgIpc) is 2.34. The van der Waals surface area contributed by atoms with Crippen LogP contribution in [0.3, 0.4) is 0 Å². The van der Waals surface area contributed by atoms with E-state index in [-0.39, 0.29) is 11.9 Å². The molecule has 1 saturated heterocycles. The van der Waals surface area contributed by atoms with Gasteiger partial charge in [-0.05, 0) is 6.42 Å². The third-order valence-corrected chi connectivity index (χ3v) is 2.90. The van der Waals surface area contributed by atoms with Gasteiger partial charge in [-0.1, -0.05) is 0 Å². The lowest BCUT2D eigenvalue weighted by Gasteiger charge is -2.30. The van der Waals surface area contributed by atoms with E-state index in [1.54, 1.807) is 4.90 Å². The standard InChI is InChI=1S/C11H17N5O/c1-12-9-5-10(14-7-13-9)15-8-3-4-11(17)16(2)6-8/h5,7-8H,3-4,6H2,1-2H3,(H2,12,13,14,15). The summed E-state index contributed by atoms with van der Waals surface area (Å²) in [5, 5.41) is 6.29. The van der Waals surface area contributed by atoms with E-state index >= 15 is 0 Å². The molecule has 1 unspecified atom stereocenters. The predicted octanol–water partition coefficient (Wildman–Crippen LogP) is 0.551. The van der Waals surface area contributed by atoms with Crippen molar-refractivity contribution in [2.75, 3.05) is 31.3 Å². The first kappa shape index (κ1) is 11.6. The van der Waals surface area contributed by atoms with Crippen LogP contribution in [0.2, 0.25) is 0 Å². The minimum atomic E-state index is 0.210. The van der Waals surface area contributed by atoms with E-state index in [1.165, 1.54) is 6.33 Å². The molecule has 0 spiro atoms. The van der Waals surface area contributed by atoms with Crippen molar-refractivity contribution in [3.8, 4) is 0 Å². The van der Waals surface area contributed by atoms with Crippen LogP contribution in [0.15, 0.2) is 12.4 Å². The summed E-state index contributed by atoms with van der Waals surface area (Å²) in [5.74, 6) is 1.78. The lowest BCUT2D eigenvalue weighted by molar-refractivity contribution is -0.132. The third-order valence-electron chi connectivity index (χ3n) is 2.90. The van der Waals surface area contributed by atoms with Crippen molar-refractivity contribution < 1.29 is 4.79 Å². The number of likely N-dealkylation sites (N-methyl/N-ethyl adjacent to an activating group) is 1. The summed E-state index contributed by atoms with van der Waals surface area (Å²) in [6, 6.07) is 2.12. The van der Waals surface area contributed by atoms with Crippen molar-refractivity contribution in [3.05, 3.63) is 12.4 Å². The zero-order chi connectivity index (χ0) is 12.3. The summed E-state index contributed by atoms with van der Waals surface area (Å²) in [6.45, 7) is 0.720. The first-order valence-corrected chi connectivity index (χ1v) is 5.69. The van der Waals surface area contributed by atoms with Gasteiger partial charge in [0.25, 0.3) is 0 Å². The minimum absolute atomic E-state index is 0.210. The summed E-state index contributed by atoms with van der Waals surface area (Å²) in [5.41, 5.74) is 0. The van der Waals surface area contributed by atoms with Gasteiger partial charge < -0.3 is 15.5 Å². The van der Waals surface area contributed by atoms with Gasteiger partial charge in [0.1, 0.15) is 18.0 Å². The molecule has 92 valence electrons. The zero-order valence-electron chi connectivity index (χ0n) is 10.1. The zero-order valence-corrected chi connectivity index (χ0v) is 10.1. The number of rotatable bonds is 3. The Hall–Kier alpha value is -1.85. The van der Waals surface area contributed by atoms with E-state index in [4.69, 9.17) is 0 Å². The van der Waals surface area contributed by atoms with Crippen LogP contribution in [-0.2, 0) is 4.79 Å². The molecule has 1 aromatic rings. The topological polar surface area (TPSA) is 70.2 Å². The van der Waals surface area contributed by atoms with Crippen molar-refractivity contribution in [1.82, 2.24) is 14.9 Å². The molecule has 1 atom stereocenters. The van der Waals surface area contributed by atoms with Gasteiger partial charge in [0.2, 0.25) is 5.91 Å². The number of hydrogen-bond acceptors (Lipinski definition) is 5. The Morgan fingerprint density at radius 2 is 2.18 bits per heavy atom. The van der Waals surface area contributed by atoms with Crippen molar-refractivity contribution in [3.63, 3.8) is 0 Å². The predicted molar refractivity (Wildman–Crippen MR) is 65.9 cm³/mol. The van der Waals surface area contributed by atoms with E-state index in [0.717, 1.165) is 24.6 Å². The second-order valence-electron chi connectivity index (χ2n) is 4.19.